The molecule has 0 aliphatic rings. The third kappa shape index (κ3) is 4.48. The van der Waals surface area contributed by atoms with E-state index in [4.69, 9.17) is 15.9 Å². The normalized spacial score (nSPS) is 11.4. The SMILES string of the molecule is CCCN/C(N)=N/c1nc(-c2ccc(CNC(N)=O)o2)cs1. The van der Waals surface area contributed by atoms with Gasteiger partial charge in [0.2, 0.25) is 5.13 Å². The fourth-order valence-electron chi connectivity index (χ4n) is 1.61. The summed E-state index contributed by atoms with van der Waals surface area (Å²) < 4.78 is 5.58. The minimum Gasteiger partial charge on any atom is -0.458 e. The highest BCUT2D eigenvalue weighted by Crippen LogP contribution is 2.27. The highest BCUT2D eigenvalue weighted by atomic mass is 32.1. The highest BCUT2D eigenvalue weighted by molar-refractivity contribution is 7.13. The van der Waals surface area contributed by atoms with E-state index >= 15 is 0 Å². The molecule has 0 radical (unpaired) electrons. The van der Waals surface area contributed by atoms with E-state index < -0.39 is 6.03 Å². The number of hydrogen-bond donors (Lipinski definition) is 4. The summed E-state index contributed by atoms with van der Waals surface area (Å²) in [6.07, 6.45) is 0.966. The average molecular weight is 322 g/mol. The zero-order chi connectivity index (χ0) is 15.9. The number of thiazole rings is 1. The Morgan fingerprint density at radius 3 is 2.95 bits per heavy atom. The number of carbonyl (C=O) groups is 1. The monoisotopic (exact) mass is 322 g/mol. The van der Waals surface area contributed by atoms with Crippen LogP contribution in [0.1, 0.15) is 19.1 Å². The van der Waals surface area contributed by atoms with Gasteiger partial charge in [-0.15, -0.1) is 11.3 Å². The lowest BCUT2D eigenvalue weighted by Crippen LogP contribution is -2.31. The van der Waals surface area contributed by atoms with Gasteiger partial charge in [0, 0.05) is 11.9 Å². The van der Waals surface area contributed by atoms with Crippen molar-refractivity contribution in [2.45, 2.75) is 19.9 Å². The summed E-state index contributed by atoms with van der Waals surface area (Å²) in [5.74, 6) is 1.53. The lowest BCUT2D eigenvalue weighted by molar-refractivity contribution is 0.247. The van der Waals surface area contributed by atoms with Crippen LogP contribution in [0.3, 0.4) is 0 Å². The minimum absolute atomic E-state index is 0.234. The van der Waals surface area contributed by atoms with Gasteiger partial charge in [-0.1, -0.05) is 6.92 Å². The van der Waals surface area contributed by atoms with Crippen molar-refractivity contribution in [3.05, 3.63) is 23.3 Å². The molecule has 2 rings (SSSR count). The zero-order valence-electron chi connectivity index (χ0n) is 12.1. The molecular formula is C13H18N6O2S. The standard InChI is InChI=1S/C13H18N6O2S/c1-2-5-16-11(14)19-13-18-9(7-22-13)10-4-3-8(21-10)6-17-12(15)20/h3-4,7H,2,5-6H2,1H3,(H3,15,17,20)(H3,14,16,18,19). The maximum atomic E-state index is 10.7. The molecule has 0 spiro atoms. The third-order valence-corrected chi connectivity index (χ3v) is 3.35. The molecule has 118 valence electrons. The van der Waals surface area contributed by atoms with Gasteiger partial charge in [0.25, 0.3) is 0 Å². The molecule has 9 heteroatoms. The smallest absolute Gasteiger partial charge is 0.312 e. The zero-order valence-corrected chi connectivity index (χ0v) is 12.9. The molecule has 0 unspecified atom stereocenters. The molecule has 0 saturated carbocycles. The van der Waals surface area contributed by atoms with Gasteiger partial charge in [-0.2, -0.15) is 4.99 Å². The van der Waals surface area contributed by atoms with Crippen LogP contribution in [0.4, 0.5) is 9.93 Å². The molecule has 0 fully saturated rings. The topological polar surface area (TPSA) is 132 Å². The summed E-state index contributed by atoms with van der Waals surface area (Å²) >= 11 is 1.37. The second kappa shape index (κ2) is 7.46. The molecule has 0 atom stereocenters. The van der Waals surface area contributed by atoms with Gasteiger partial charge in [0.1, 0.15) is 11.5 Å². The molecule has 0 saturated heterocycles. The number of nitrogens with zero attached hydrogens (tertiary/aromatic N) is 2. The molecule has 2 heterocycles. The van der Waals surface area contributed by atoms with Crippen molar-refractivity contribution >= 4 is 28.5 Å². The third-order valence-electron chi connectivity index (χ3n) is 2.62. The maximum absolute atomic E-state index is 10.7. The molecule has 22 heavy (non-hydrogen) atoms. The van der Waals surface area contributed by atoms with E-state index in [1.807, 2.05) is 12.3 Å². The molecule has 0 aromatic carbocycles. The van der Waals surface area contributed by atoms with Gasteiger partial charge in [-0.25, -0.2) is 9.78 Å². The van der Waals surface area contributed by atoms with Crippen LogP contribution in [0.25, 0.3) is 11.5 Å². The molecule has 2 aromatic rings. The average Bonchev–Trinajstić information content (AvgIpc) is 3.11. The van der Waals surface area contributed by atoms with E-state index in [0.717, 1.165) is 13.0 Å². The van der Waals surface area contributed by atoms with Crippen molar-refractivity contribution in [2.24, 2.45) is 16.5 Å². The Morgan fingerprint density at radius 1 is 1.41 bits per heavy atom. The Balaban J connectivity index is 2.03. The van der Waals surface area contributed by atoms with Crippen LogP contribution >= 0.6 is 11.3 Å². The second-order valence-corrected chi connectivity index (χ2v) is 5.26. The second-order valence-electron chi connectivity index (χ2n) is 4.42. The Morgan fingerprint density at radius 2 is 2.23 bits per heavy atom. The van der Waals surface area contributed by atoms with Gasteiger partial charge >= 0.3 is 6.03 Å². The van der Waals surface area contributed by atoms with Crippen LogP contribution in [0, 0.1) is 0 Å². The van der Waals surface area contributed by atoms with Crippen LogP contribution in [0.2, 0.25) is 0 Å². The van der Waals surface area contributed by atoms with E-state index in [0.29, 0.717) is 28.3 Å². The first-order valence-electron chi connectivity index (χ1n) is 6.74. The van der Waals surface area contributed by atoms with Gasteiger partial charge < -0.3 is 26.5 Å². The van der Waals surface area contributed by atoms with E-state index in [9.17, 15) is 4.79 Å². The van der Waals surface area contributed by atoms with Gasteiger partial charge in [0.05, 0.1) is 6.54 Å². The number of hydrogen-bond acceptors (Lipinski definition) is 5. The first kappa shape index (κ1) is 15.8. The van der Waals surface area contributed by atoms with E-state index in [2.05, 4.69) is 20.6 Å². The van der Waals surface area contributed by atoms with Crippen LogP contribution in [-0.4, -0.2) is 23.5 Å². The van der Waals surface area contributed by atoms with Gasteiger partial charge in [-0.3, -0.25) is 0 Å². The first-order valence-corrected chi connectivity index (χ1v) is 7.62. The number of urea groups is 1. The summed E-state index contributed by atoms with van der Waals surface area (Å²) in [6.45, 7) is 3.05. The van der Waals surface area contributed by atoms with Crippen LogP contribution < -0.4 is 22.1 Å². The summed E-state index contributed by atoms with van der Waals surface area (Å²) in [5, 5.41) is 7.81. The van der Waals surface area contributed by atoms with Crippen LogP contribution in [-0.2, 0) is 6.54 Å². The van der Waals surface area contributed by atoms with Crippen molar-refractivity contribution in [1.29, 1.82) is 0 Å². The van der Waals surface area contributed by atoms with Gasteiger partial charge in [0.15, 0.2) is 11.7 Å². The van der Waals surface area contributed by atoms with Crippen molar-refractivity contribution in [1.82, 2.24) is 15.6 Å². The number of guanidine groups is 1. The predicted octanol–water partition coefficient (Wildman–Crippen LogP) is 1.52. The number of nitrogens with two attached hydrogens (primary N) is 2. The number of carbonyl (C=O) groups excluding carboxylic acids is 1. The van der Waals surface area contributed by atoms with Crippen molar-refractivity contribution in [3.8, 4) is 11.5 Å². The summed E-state index contributed by atoms with van der Waals surface area (Å²) in [6, 6.07) is 2.93. The Labute approximate surface area is 131 Å². The largest absolute Gasteiger partial charge is 0.458 e. The predicted molar refractivity (Wildman–Crippen MR) is 85.8 cm³/mol. The Hall–Kier alpha value is -2.55. The van der Waals surface area contributed by atoms with E-state index in [1.165, 1.54) is 11.3 Å². The number of amides is 2. The summed E-state index contributed by atoms with van der Waals surface area (Å²) in [5.41, 5.74) is 11.4. The highest BCUT2D eigenvalue weighted by Gasteiger charge is 2.09. The minimum atomic E-state index is -0.599. The fraction of sp³-hybridized carbons (Fsp3) is 0.308. The molecular weight excluding hydrogens is 304 g/mol. The lowest BCUT2D eigenvalue weighted by atomic mass is 10.3. The Bertz CT molecular complexity index is 663. The molecule has 2 aromatic heterocycles. The van der Waals surface area contributed by atoms with Crippen molar-refractivity contribution in [2.75, 3.05) is 6.54 Å². The van der Waals surface area contributed by atoms with E-state index in [-0.39, 0.29) is 6.54 Å². The number of furan rings is 1. The van der Waals surface area contributed by atoms with Gasteiger partial charge in [-0.05, 0) is 18.6 Å². The van der Waals surface area contributed by atoms with Crippen LogP contribution in [0.15, 0.2) is 26.9 Å². The van der Waals surface area contributed by atoms with Crippen LogP contribution in [0.5, 0.6) is 0 Å². The summed E-state index contributed by atoms with van der Waals surface area (Å²) in [4.78, 5) is 19.2. The molecule has 0 bridgehead atoms. The molecule has 8 nitrogen and oxygen atoms in total. The summed E-state index contributed by atoms with van der Waals surface area (Å²) in [7, 11) is 0. The number of rotatable bonds is 6. The quantitative estimate of drug-likeness (QED) is 0.473. The first-order chi connectivity index (χ1) is 10.6. The number of aliphatic imine (C=N–C) groups is 1. The molecule has 0 aliphatic carbocycles. The number of primary amides is 1. The molecule has 2 amide bonds. The molecule has 0 aliphatic heterocycles. The lowest BCUT2D eigenvalue weighted by Gasteiger charge is -2.00. The Kier molecular flexibility index (Phi) is 5.37. The number of nitrogens with one attached hydrogen (secondary N) is 2. The fourth-order valence-corrected chi connectivity index (χ4v) is 2.30. The van der Waals surface area contributed by atoms with E-state index in [1.54, 1.807) is 12.1 Å². The number of aromatic nitrogens is 1. The maximum Gasteiger partial charge on any atom is 0.312 e. The van der Waals surface area contributed by atoms with Crippen molar-refractivity contribution in [3.63, 3.8) is 0 Å². The molecule has 6 N–H and O–H groups in total. The van der Waals surface area contributed by atoms with Crippen molar-refractivity contribution < 1.29 is 9.21 Å².